The molecule has 1 atom stereocenters. The number of likely N-dealkylation sites (tertiary alicyclic amines) is 1. The van der Waals surface area contributed by atoms with Crippen LogP contribution >= 0.6 is 15.9 Å². The number of nitrogens with zero attached hydrogens (tertiary/aromatic N) is 1. The van der Waals surface area contributed by atoms with E-state index in [1.54, 1.807) is 5.56 Å². The third kappa shape index (κ3) is 4.06. The van der Waals surface area contributed by atoms with E-state index in [9.17, 15) is 0 Å². The first-order valence-electron chi connectivity index (χ1n) is 7.45. The zero-order chi connectivity index (χ0) is 13.8. The molecule has 0 spiro atoms. The van der Waals surface area contributed by atoms with Gasteiger partial charge in [0.1, 0.15) is 0 Å². The summed E-state index contributed by atoms with van der Waals surface area (Å²) in [5, 5.41) is 1.15. The van der Waals surface area contributed by atoms with Crippen LogP contribution in [-0.2, 0) is 6.54 Å². The number of hydrogen-bond donors (Lipinski definition) is 0. The van der Waals surface area contributed by atoms with Gasteiger partial charge in [-0.2, -0.15) is 0 Å². The molecule has 2 heteroatoms. The van der Waals surface area contributed by atoms with Gasteiger partial charge in [-0.25, -0.2) is 0 Å². The predicted molar refractivity (Wildman–Crippen MR) is 87.1 cm³/mol. The van der Waals surface area contributed by atoms with E-state index >= 15 is 0 Å². The molecule has 1 saturated heterocycles. The summed E-state index contributed by atoms with van der Waals surface area (Å²) in [6.07, 6.45) is 4.10. The molecule has 0 bridgehead atoms. The minimum atomic E-state index is 0.888. The number of benzene rings is 1. The van der Waals surface area contributed by atoms with E-state index in [1.165, 1.54) is 49.0 Å². The molecule has 1 aromatic carbocycles. The Balaban J connectivity index is 2.04. The monoisotopic (exact) mass is 323 g/mol. The molecule has 0 N–H and O–H groups in total. The third-order valence-corrected chi connectivity index (χ3v) is 4.80. The van der Waals surface area contributed by atoms with E-state index in [1.807, 2.05) is 0 Å². The van der Waals surface area contributed by atoms with Crippen LogP contribution in [0.1, 0.15) is 41.5 Å². The van der Waals surface area contributed by atoms with Crippen molar-refractivity contribution in [2.45, 2.75) is 46.6 Å². The highest BCUT2D eigenvalue weighted by molar-refractivity contribution is 9.09. The number of halogens is 1. The van der Waals surface area contributed by atoms with E-state index in [2.05, 4.69) is 53.7 Å². The van der Waals surface area contributed by atoms with Gasteiger partial charge in [-0.05, 0) is 69.2 Å². The molecule has 0 aliphatic carbocycles. The maximum Gasteiger partial charge on any atom is 0.0239 e. The van der Waals surface area contributed by atoms with Crippen molar-refractivity contribution in [3.05, 3.63) is 34.4 Å². The van der Waals surface area contributed by atoms with E-state index in [0.717, 1.165) is 17.8 Å². The van der Waals surface area contributed by atoms with E-state index in [0.29, 0.717) is 0 Å². The van der Waals surface area contributed by atoms with Crippen LogP contribution in [0.5, 0.6) is 0 Å². The Bertz CT molecular complexity index is 402. The van der Waals surface area contributed by atoms with Crippen molar-refractivity contribution in [1.82, 2.24) is 4.90 Å². The van der Waals surface area contributed by atoms with Gasteiger partial charge in [0.05, 0.1) is 0 Å². The molecule has 1 fully saturated rings. The summed E-state index contributed by atoms with van der Waals surface area (Å²) in [5.74, 6) is 0.888. The number of hydrogen-bond acceptors (Lipinski definition) is 1. The predicted octanol–water partition coefficient (Wildman–Crippen LogP) is 4.61. The molecular formula is C17H26BrN. The first-order valence-corrected chi connectivity index (χ1v) is 8.57. The lowest BCUT2D eigenvalue weighted by Crippen LogP contribution is -2.35. The molecule has 1 heterocycles. The van der Waals surface area contributed by atoms with Gasteiger partial charge >= 0.3 is 0 Å². The first-order chi connectivity index (χ1) is 9.10. The fourth-order valence-corrected chi connectivity index (χ4v) is 4.02. The van der Waals surface area contributed by atoms with Crippen molar-refractivity contribution in [1.29, 1.82) is 0 Å². The summed E-state index contributed by atoms with van der Waals surface area (Å²) in [6.45, 7) is 10.4. The number of piperidine rings is 1. The van der Waals surface area contributed by atoms with Crippen molar-refractivity contribution in [3.8, 4) is 0 Å². The van der Waals surface area contributed by atoms with Gasteiger partial charge in [0.25, 0.3) is 0 Å². The minimum Gasteiger partial charge on any atom is -0.299 e. The Labute approximate surface area is 126 Å². The zero-order valence-corrected chi connectivity index (χ0v) is 14.1. The second kappa shape index (κ2) is 6.90. The van der Waals surface area contributed by atoms with Crippen molar-refractivity contribution >= 4 is 15.9 Å². The zero-order valence-electron chi connectivity index (χ0n) is 12.5. The molecule has 1 aliphatic heterocycles. The highest BCUT2D eigenvalue weighted by Gasteiger charge is 2.20. The number of rotatable bonds is 4. The SMILES string of the molecule is Cc1cc(C)c(CN2CCCC(CCBr)C2)c(C)c1. The third-order valence-electron chi connectivity index (χ3n) is 4.34. The maximum absolute atomic E-state index is 3.58. The van der Waals surface area contributed by atoms with Crippen LogP contribution in [0, 0.1) is 26.7 Å². The Morgan fingerprint density at radius 3 is 2.53 bits per heavy atom. The highest BCUT2D eigenvalue weighted by atomic mass is 79.9. The lowest BCUT2D eigenvalue weighted by Gasteiger charge is -2.33. The van der Waals surface area contributed by atoms with E-state index in [4.69, 9.17) is 0 Å². The van der Waals surface area contributed by atoms with Crippen LogP contribution in [0.3, 0.4) is 0 Å². The Kier molecular flexibility index (Phi) is 5.47. The number of alkyl halides is 1. The second-order valence-corrected chi connectivity index (χ2v) is 6.89. The molecule has 0 saturated carbocycles. The van der Waals surface area contributed by atoms with Gasteiger partial charge in [0.2, 0.25) is 0 Å². The average Bonchev–Trinajstić information content (AvgIpc) is 2.35. The summed E-state index contributed by atoms with van der Waals surface area (Å²) in [4.78, 5) is 2.65. The molecule has 2 rings (SSSR count). The Morgan fingerprint density at radius 1 is 1.21 bits per heavy atom. The van der Waals surface area contributed by atoms with Crippen LogP contribution in [0.4, 0.5) is 0 Å². The molecule has 0 amide bonds. The lowest BCUT2D eigenvalue weighted by molar-refractivity contribution is 0.165. The molecule has 19 heavy (non-hydrogen) atoms. The van der Waals surface area contributed by atoms with Gasteiger partial charge in [-0.1, -0.05) is 33.6 Å². The molecule has 1 unspecified atom stereocenters. The molecule has 0 aromatic heterocycles. The van der Waals surface area contributed by atoms with Crippen molar-refractivity contribution in [2.75, 3.05) is 18.4 Å². The molecule has 1 nitrogen and oxygen atoms in total. The van der Waals surface area contributed by atoms with E-state index in [-0.39, 0.29) is 0 Å². The van der Waals surface area contributed by atoms with Gasteiger partial charge in [-0.3, -0.25) is 4.90 Å². The summed E-state index contributed by atoms with van der Waals surface area (Å²) >= 11 is 3.58. The summed E-state index contributed by atoms with van der Waals surface area (Å²) in [7, 11) is 0. The lowest BCUT2D eigenvalue weighted by atomic mass is 9.94. The first kappa shape index (κ1) is 15.1. The van der Waals surface area contributed by atoms with E-state index < -0.39 is 0 Å². The molecular weight excluding hydrogens is 298 g/mol. The second-order valence-electron chi connectivity index (χ2n) is 6.10. The van der Waals surface area contributed by atoms with Crippen LogP contribution < -0.4 is 0 Å². The van der Waals surface area contributed by atoms with Crippen LogP contribution in [-0.4, -0.2) is 23.3 Å². The van der Waals surface area contributed by atoms with Crippen molar-refractivity contribution < 1.29 is 0 Å². The van der Waals surface area contributed by atoms with Crippen molar-refractivity contribution in [2.24, 2.45) is 5.92 Å². The van der Waals surface area contributed by atoms with Crippen molar-refractivity contribution in [3.63, 3.8) is 0 Å². The number of aryl methyl sites for hydroxylation is 3. The fraction of sp³-hybridized carbons (Fsp3) is 0.647. The maximum atomic E-state index is 3.58. The van der Waals surface area contributed by atoms with Gasteiger partial charge in [0, 0.05) is 18.4 Å². The quantitative estimate of drug-likeness (QED) is 0.731. The van der Waals surface area contributed by atoms with Crippen LogP contribution in [0.25, 0.3) is 0 Å². The summed E-state index contributed by atoms with van der Waals surface area (Å²) in [6, 6.07) is 4.64. The molecule has 106 valence electrons. The fourth-order valence-electron chi connectivity index (χ4n) is 3.37. The van der Waals surface area contributed by atoms with Gasteiger partial charge in [-0.15, -0.1) is 0 Å². The Hall–Kier alpha value is -0.340. The smallest absolute Gasteiger partial charge is 0.0239 e. The largest absolute Gasteiger partial charge is 0.299 e. The highest BCUT2D eigenvalue weighted by Crippen LogP contribution is 2.24. The topological polar surface area (TPSA) is 3.24 Å². The minimum absolute atomic E-state index is 0.888. The normalized spacial score (nSPS) is 20.7. The standard InChI is InChI=1S/C17H26BrN/c1-13-9-14(2)17(15(3)10-13)12-19-8-4-5-16(11-19)6-7-18/h9-10,16H,4-8,11-12H2,1-3H3. The summed E-state index contributed by atoms with van der Waals surface area (Å²) in [5.41, 5.74) is 5.85. The van der Waals surface area contributed by atoms with Gasteiger partial charge < -0.3 is 0 Å². The average molecular weight is 324 g/mol. The molecule has 1 aliphatic rings. The van der Waals surface area contributed by atoms with Crippen LogP contribution in [0.2, 0.25) is 0 Å². The van der Waals surface area contributed by atoms with Gasteiger partial charge in [0.15, 0.2) is 0 Å². The summed E-state index contributed by atoms with van der Waals surface area (Å²) < 4.78 is 0. The van der Waals surface area contributed by atoms with Crippen LogP contribution in [0.15, 0.2) is 12.1 Å². The molecule has 1 aromatic rings. The Morgan fingerprint density at radius 2 is 1.89 bits per heavy atom. The molecule has 0 radical (unpaired) electrons.